The van der Waals surface area contributed by atoms with E-state index in [0.29, 0.717) is 12.5 Å². The van der Waals surface area contributed by atoms with Crippen molar-refractivity contribution in [2.24, 2.45) is 11.7 Å². The summed E-state index contributed by atoms with van der Waals surface area (Å²) in [5.74, 6) is 1.41. The van der Waals surface area contributed by atoms with Gasteiger partial charge in [0.15, 0.2) is 0 Å². The minimum Gasteiger partial charge on any atom is -0.493 e. The molecule has 4 nitrogen and oxygen atoms in total. The average molecular weight is 259 g/mol. The Labute approximate surface area is 114 Å². The lowest BCUT2D eigenvalue weighted by atomic mass is 10.1. The molecule has 0 aliphatic heterocycles. The van der Waals surface area contributed by atoms with Gasteiger partial charge in [-0.05, 0) is 37.1 Å². The van der Waals surface area contributed by atoms with E-state index in [1.807, 2.05) is 31.2 Å². The summed E-state index contributed by atoms with van der Waals surface area (Å²) in [7, 11) is 0. The van der Waals surface area contributed by atoms with Crippen molar-refractivity contribution in [3.05, 3.63) is 35.5 Å². The zero-order valence-electron chi connectivity index (χ0n) is 11.7. The summed E-state index contributed by atoms with van der Waals surface area (Å²) < 4.78 is 5.67. The van der Waals surface area contributed by atoms with Crippen LogP contribution >= 0.6 is 0 Å². The van der Waals surface area contributed by atoms with Gasteiger partial charge in [0.2, 0.25) is 0 Å². The van der Waals surface area contributed by atoms with Gasteiger partial charge in [0.1, 0.15) is 5.75 Å². The molecule has 0 unspecified atom stereocenters. The predicted molar refractivity (Wildman–Crippen MR) is 77.0 cm³/mol. The Hall–Kier alpha value is -1.81. The highest BCUT2D eigenvalue weighted by molar-refractivity contribution is 5.64. The van der Waals surface area contributed by atoms with E-state index in [1.54, 1.807) is 0 Å². The number of benzene rings is 1. The van der Waals surface area contributed by atoms with Gasteiger partial charge in [-0.25, -0.2) is 0 Å². The van der Waals surface area contributed by atoms with Crippen molar-refractivity contribution in [3.8, 4) is 17.0 Å². The fourth-order valence-corrected chi connectivity index (χ4v) is 1.91. The Kier molecular flexibility index (Phi) is 4.22. The van der Waals surface area contributed by atoms with Crippen molar-refractivity contribution < 1.29 is 4.74 Å². The zero-order valence-corrected chi connectivity index (χ0v) is 11.7. The molecule has 0 radical (unpaired) electrons. The third kappa shape index (κ3) is 3.15. The molecule has 19 heavy (non-hydrogen) atoms. The first-order chi connectivity index (χ1) is 9.11. The summed E-state index contributed by atoms with van der Waals surface area (Å²) in [6, 6.07) is 7.99. The second-order valence-corrected chi connectivity index (χ2v) is 5.11. The van der Waals surface area contributed by atoms with Gasteiger partial charge in [-0.15, -0.1) is 0 Å². The number of aromatic nitrogens is 2. The summed E-state index contributed by atoms with van der Waals surface area (Å²) in [5.41, 5.74) is 9.83. The molecule has 1 heterocycles. The smallest absolute Gasteiger partial charge is 0.119 e. The van der Waals surface area contributed by atoms with E-state index < -0.39 is 0 Å². The number of nitrogens with one attached hydrogen (secondary N) is 1. The van der Waals surface area contributed by atoms with E-state index in [9.17, 15) is 0 Å². The molecule has 0 aliphatic carbocycles. The molecular weight excluding hydrogens is 238 g/mol. The minimum atomic E-state index is 0.489. The first-order valence-corrected chi connectivity index (χ1v) is 6.59. The molecule has 2 rings (SSSR count). The van der Waals surface area contributed by atoms with Gasteiger partial charge in [-0.1, -0.05) is 13.8 Å². The second-order valence-electron chi connectivity index (χ2n) is 5.11. The van der Waals surface area contributed by atoms with E-state index in [1.165, 1.54) is 0 Å². The van der Waals surface area contributed by atoms with Gasteiger partial charge >= 0.3 is 0 Å². The van der Waals surface area contributed by atoms with Crippen LogP contribution in [-0.4, -0.2) is 16.8 Å². The van der Waals surface area contributed by atoms with Gasteiger partial charge in [0, 0.05) is 23.4 Å². The van der Waals surface area contributed by atoms with Gasteiger partial charge < -0.3 is 10.5 Å². The fraction of sp³-hybridized carbons (Fsp3) is 0.400. The normalized spacial score (nSPS) is 11.0. The standard InChI is InChI=1S/C15H21N3O/c1-10(2)9-19-13-6-4-12(5-7-13)15-14(8-16)11(3)17-18-15/h4-7,10H,8-9,16H2,1-3H3,(H,17,18). The molecule has 4 heteroatoms. The molecule has 2 aromatic rings. The van der Waals surface area contributed by atoms with Crippen molar-refractivity contribution in [1.29, 1.82) is 0 Å². The summed E-state index contributed by atoms with van der Waals surface area (Å²) >= 11 is 0. The van der Waals surface area contributed by atoms with Crippen LogP contribution in [-0.2, 0) is 6.54 Å². The highest BCUT2D eigenvalue weighted by atomic mass is 16.5. The molecule has 0 bridgehead atoms. The predicted octanol–water partition coefficient (Wildman–Crippen LogP) is 2.88. The quantitative estimate of drug-likeness (QED) is 0.867. The van der Waals surface area contributed by atoms with Crippen molar-refractivity contribution in [1.82, 2.24) is 10.2 Å². The van der Waals surface area contributed by atoms with E-state index in [4.69, 9.17) is 10.5 Å². The lowest BCUT2D eigenvalue weighted by molar-refractivity contribution is 0.271. The maximum Gasteiger partial charge on any atom is 0.119 e. The van der Waals surface area contributed by atoms with E-state index >= 15 is 0 Å². The number of aryl methyl sites for hydroxylation is 1. The van der Waals surface area contributed by atoms with Gasteiger partial charge in [0.25, 0.3) is 0 Å². The van der Waals surface area contributed by atoms with Crippen LogP contribution in [0.3, 0.4) is 0 Å². The number of nitrogens with zero attached hydrogens (tertiary/aromatic N) is 1. The average Bonchev–Trinajstić information content (AvgIpc) is 2.78. The van der Waals surface area contributed by atoms with Gasteiger partial charge in [0.05, 0.1) is 12.3 Å². The molecule has 0 atom stereocenters. The second kappa shape index (κ2) is 5.89. The van der Waals surface area contributed by atoms with Crippen molar-refractivity contribution in [3.63, 3.8) is 0 Å². The number of ether oxygens (including phenoxy) is 1. The summed E-state index contributed by atoms with van der Waals surface area (Å²) in [4.78, 5) is 0. The lowest BCUT2D eigenvalue weighted by Crippen LogP contribution is -2.04. The lowest BCUT2D eigenvalue weighted by Gasteiger charge is -2.09. The number of hydrogen-bond donors (Lipinski definition) is 2. The van der Waals surface area contributed by atoms with Crippen LogP contribution in [0.1, 0.15) is 25.1 Å². The molecule has 3 N–H and O–H groups in total. The van der Waals surface area contributed by atoms with Crippen LogP contribution in [0, 0.1) is 12.8 Å². The van der Waals surface area contributed by atoms with Gasteiger partial charge in [-0.2, -0.15) is 5.10 Å². The van der Waals surface area contributed by atoms with Crippen molar-refractivity contribution >= 4 is 0 Å². The summed E-state index contributed by atoms with van der Waals surface area (Å²) in [5, 5.41) is 7.29. The number of H-pyrrole nitrogens is 1. The molecule has 0 aliphatic rings. The Bertz CT molecular complexity index is 529. The highest BCUT2D eigenvalue weighted by Gasteiger charge is 2.10. The van der Waals surface area contributed by atoms with E-state index in [-0.39, 0.29) is 0 Å². The number of hydrogen-bond acceptors (Lipinski definition) is 3. The molecule has 0 spiro atoms. The Morgan fingerprint density at radius 1 is 1.26 bits per heavy atom. The Morgan fingerprint density at radius 2 is 1.95 bits per heavy atom. The summed E-state index contributed by atoms with van der Waals surface area (Å²) in [6.07, 6.45) is 0. The van der Waals surface area contributed by atoms with Crippen LogP contribution in [0.15, 0.2) is 24.3 Å². The molecule has 0 amide bonds. The number of nitrogens with two attached hydrogens (primary N) is 1. The zero-order chi connectivity index (χ0) is 13.8. The van der Waals surface area contributed by atoms with Gasteiger partial charge in [-0.3, -0.25) is 5.10 Å². The Balaban J connectivity index is 2.18. The van der Waals surface area contributed by atoms with E-state index in [0.717, 1.165) is 34.9 Å². The summed E-state index contributed by atoms with van der Waals surface area (Å²) in [6.45, 7) is 7.47. The molecular formula is C15H21N3O. The third-order valence-corrected chi connectivity index (χ3v) is 2.99. The Morgan fingerprint density at radius 3 is 2.53 bits per heavy atom. The third-order valence-electron chi connectivity index (χ3n) is 2.99. The molecule has 0 fully saturated rings. The van der Waals surface area contributed by atoms with Crippen LogP contribution in [0.25, 0.3) is 11.3 Å². The molecule has 1 aromatic carbocycles. The van der Waals surface area contributed by atoms with Crippen LogP contribution in [0.4, 0.5) is 0 Å². The highest BCUT2D eigenvalue weighted by Crippen LogP contribution is 2.25. The fourth-order valence-electron chi connectivity index (χ4n) is 1.91. The van der Waals surface area contributed by atoms with Crippen molar-refractivity contribution in [2.75, 3.05) is 6.61 Å². The molecule has 0 saturated heterocycles. The van der Waals surface area contributed by atoms with Crippen LogP contribution in [0.5, 0.6) is 5.75 Å². The minimum absolute atomic E-state index is 0.489. The maximum absolute atomic E-state index is 5.76. The maximum atomic E-state index is 5.76. The van der Waals surface area contributed by atoms with Crippen LogP contribution in [0.2, 0.25) is 0 Å². The number of aromatic amines is 1. The largest absolute Gasteiger partial charge is 0.493 e. The first-order valence-electron chi connectivity index (χ1n) is 6.59. The van der Waals surface area contributed by atoms with E-state index in [2.05, 4.69) is 24.0 Å². The van der Waals surface area contributed by atoms with Crippen molar-refractivity contribution in [2.45, 2.75) is 27.3 Å². The topological polar surface area (TPSA) is 63.9 Å². The van der Waals surface area contributed by atoms with Crippen LogP contribution < -0.4 is 10.5 Å². The first kappa shape index (κ1) is 13.6. The SMILES string of the molecule is Cc1[nH]nc(-c2ccc(OCC(C)C)cc2)c1CN. The number of rotatable bonds is 5. The molecule has 102 valence electrons. The monoisotopic (exact) mass is 259 g/mol. The molecule has 0 saturated carbocycles. The molecule has 1 aromatic heterocycles.